The number of nitrogens with zero attached hydrogens (tertiary/aromatic N) is 1. The molecule has 0 aliphatic heterocycles. The summed E-state index contributed by atoms with van der Waals surface area (Å²) in [4.78, 5) is 3.92. The molecule has 0 spiro atoms. The number of thiocarbonyl (C=S) groups is 1. The van der Waals surface area contributed by atoms with Crippen LogP contribution in [0.15, 0.2) is 53.5 Å². The molecule has 0 aliphatic rings. The van der Waals surface area contributed by atoms with E-state index in [0.29, 0.717) is 0 Å². The monoisotopic (exact) mass is 327 g/mol. The third-order valence-electron chi connectivity index (χ3n) is 3.84. The first-order valence-corrected chi connectivity index (χ1v) is 7.95. The van der Waals surface area contributed by atoms with Crippen molar-refractivity contribution in [1.29, 1.82) is 0 Å². The number of hydrogen-bond donors (Lipinski definition) is 3. The molecule has 2 aromatic carbocycles. The SMILES string of the molecule is NC(CCc1ccc(O)cc1)C(N)Cc1ccc(N=C=S)cc1. The molecule has 2 atom stereocenters. The Labute approximate surface area is 141 Å². The molecular weight excluding hydrogens is 306 g/mol. The number of phenols is 1. The van der Waals surface area contributed by atoms with E-state index in [0.717, 1.165) is 36.1 Å². The molecule has 0 heterocycles. The van der Waals surface area contributed by atoms with Crippen molar-refractivity contribution in [2.45, 2.75) is 31.3 Å². The molecule has 0 saturated heterocycles. The fourth-order valence-corrected chi connectivity index (χ4v) is 2.50. The summed E-state index contributed by atoms with van der Waals surface area (Å²) in [7, 11) is 0. The van der Waals surface area contributed by atoms with Gasteiger partial charge in [-0.2, -0.15) is 4.99 Å². The van der Waals surface area contributed by atoms with E-state index in [4.69, 9.17) is 11.5 Å². The number of phenolic OH excluding ortho intramolecular Hbond substituents is 1. The molecule has 5 heteroatoms. The third kappa shape index (κ3) is 5.58. The van der Waals surface area contributed by atoms with Crippen LogP contribution in [-0.2, 0) is 12.8 Å². The molecular formula is C18H21N3OS. The second kappa shape index (κ2) is 8.56. The lowest BCUT2D eigenvalue weighted by Gasteiger charge is -2.20. The van der Waals surface area contributed by atoms with Gasteiger partial charge in [-0.05, 0) is 66.9 Å². The average Bonchev–Trinajstić information content (AvgIpc) is 2.56. The van der Waals surface area contributed by atoms with Crippen molar-refractivity contribution >= 4 is 23.1 Å². The van der Waals surface area contributed by atoms with Gasteiger partial charge in [0.15, 0.2) is 0 Å². The first-order valence-electron chi connectivity index (χ1n) is 7.54. The van der Waals surface area contributed by atoms with E-state index < -0.39 is 0 Å². The molecule has 0 amide bonds. The lowest BCUT2D eigenvalue weighted by atomic mass is 9.95. The Morgan fingerprint density at radius 1 is 0.957 bits per heavy atom. The van der Waals surface area contributed by atoms with Gasteiger partial charge in [0.1, 0.15) is 5.75 Å². The highest BCUT2D eigenvalue weighted by Gasteiger charge is 2.14. The first kappa shape index (κ1) is 17.3. The van der Waals surface area contributed by atoms with Crippen molar-refractivity contribution in [3.05, 3.63) is 59.7 Å². The van der Waals surface area contributed by atoms with Gasteiger partial charge in [-0.3, -0.25) is 0 Å². The standard InChI is InChI=1S/C18H21N3OS/c19-17(10-5-13-3-8-16(22)9-4-13)18(20)11-14-1-6-15(7-2-14)21-12-23/h1-4,6-9,17-18,22H,5,10-11,19-20H2. The van der Waals surface area contributed by atoms with Gasteiger partial charge in [0.2, 0.25) is 0 Å². The van der Waals surface area contributed by atoms with Gasteiger partial charge in [-0.15, -0.1) is 0 Å². The molecule has 0 bridgehead atoms. The number of hydrogen-bond acceptors (Lipinski definition) is 5. The number of aromatic hydroxyl groups is 1. The van der Waals surface area contributed by atoms with Gasteiger partial charge in [-0.25, -0.2) is 0 Å². The quantitative estimate of drug-likeness (QED) is 0.539. The van der Waals surface area contributed by atoms with Crippen molar-refractivity contribution < 1.29 is 5.11 Å². The van der Waals surface area contributed by atoms with E-state index in [1.54, 1.807) is 12.1 Å². The molecule has 5 N–H and O–H groups in total. The fraction of sp³-hybridized carbons (Fsp3) is 0.278. The van der Waals surface area contributed by atoms with E-state index in [1.165, 1.54) is 0 Å². The Bertz CT molecular complexity index is 664. The molecule has 2 rings (SSSR count). The van der Waals surface area contributed by atoms with Gasteiger partial charge in [-0.1, -0.05) is 24.3 Å². The first-order chi connectivity index (χ1) is 11.1. The Balaban J connectivity index is 1.85. The summed E-state index contributed by atoms with van der Waals surface area (Å²) in [6.45, 7) is 0. The third-order valence-corrected chi connectivity index (χ3v) is 3.93. The second-order valence-electron chi connectivity index (χ2n) is 5.61. The predicted molar refractivity (Wildman–Crippen MR) is 97.2 cm³/mol. The predicted octanol–water partition coefficient (Wildman–Crippen LogP) is 2.96. The van der Waals surface area contributed by atoms with Crippen LogP contribution < -0.4 is 11.5 Å². The zero-order valence-corrected chi connectivity index (χ0v) is 13.7. The summed E-state index contributed by atoms with van der Waals surface area (Å²) in [5, 5.41) is 11.6. The summed E-state index contributed by atoms with van der Waals surface area (Å²) in [6, 6.07) is 14.7. The largest absolute Gasteiger partial charge is 0.508 e. The van der Waals surface area contributed by atoms with Gasteiger partial charge in [0.25, 0.3) is 0 Å². The minimum atomic E-state index is -0.105. The number of isothiocyanates is 1. The summed E-state index contributed by atoms with van der Waals surface area (Å²) >= 11 is 4.58. The van der Waals surface area contributed by atoms with Crippen molar-refractivity contribution in [3.8, 4) is 5.75 Å². The van der Waals surface area contributed by atoms with Crippen LogP contribution in [0.4, 0.5) is 5.69 Å². The normalized spacial score (nSPS) is 13.1. The number of nitrogens with two attached hydrogens (primary N) is 2. The topological polar surface area (TPSA) is 84.6 Å². The molecule has 0 saturated carbocycles. The number of aliphatic imine (C=N–C) groups is 1. The van der Waals surface area contributed by atoms with Crippen LogP contribution in [0.3, 0.4) is 0 Å². The maximum atomic E-state index is 9.28. The van der Waals surface area contributed by atoms with Crippen LogP contribution in [0.1, 0.15) is 17.5 Å². The lowest BCUT2D eigenvalue weighted by Crippen LogP contribution is -2.43. The maximum Gasteiger partial charge on any atom is 0.115 e. The summed E-state index contributed by atoms with van der Waals surface area (Å²) < 4.78 is 0. The van der Waals surface area contributed by atoms with Crippen LogP contribution in [0.2, 0.25) is 0 Å². The van der Waals surface area contributed by atoms with E-state index >= 15 is 0 Å². The Morgan fingerprint density at radius 2 is 1.57 bits per heavy atom. The van der Waals surface area contributed by atoms with Crippen LogP contribution in [0.5, 0.6) is 5.75 Å². The molecule has 120 valence electrons. The summed E-state index contributed by atoms with van der Waals surface area (Å²) in [6.07, 6.45) is 2.37. The van der Waals surface area contributed by atoms with E-state index in [2.05, 4.69) is 22.4 Å². The Kier molecular flexibility index (Phi) is 6.44. The Hall–Kier alpha value is -2.04. The van der Waals surface area contributed by atoms with E-state index in [1.807, 2.05) is 36.4 Å². The van der Waals surface area contributed by atoms with Crippen LogP contribution in [0, 0.1) is 0 Å². The molecule has 0 aromatic heterocycles. The number of rotatable bonds is 7. The summed E-state index contributed by atoms with van der Waals surface area (Å²) in [5.74, 6) is 0.274. The minimum absolute atomic E-state index is 0.0810. The molecule has 0 fully saturated rings. The van der Waals surface area contributed by atoms with Gasteiger partial charge < -0.3 is 16.6 Å². The molecule has 0 radical (unpaired) electrons. The highest BCUT2D eigenvalue weighted by molar-refractivity contribution is 7.78. The van der Waals surface area contributed by atoms with Crippen LogP contribution in [-0.4, -0.2) is 22.4 Å². The minimum Gasteiger partial charge on any atom is -0.508 e. The molecule has 0 aliphatic carbocycles. The van der Waals surface area contributed by atoms with Gasteiger partial charge in [0, 0.05) is 12.1 Å². The van der Waals surface area contributed by atoms with Crippen LogP contribution >= 0.6 is 12.2 Å². The number of benzene rings is 2. The molecule has 2 aromatic rings. The van der Waals surface area contributed by atoms with Crippen molar-refractivity contribution in [2.24, 2.45) is 16.5 Å². The van der Waals surface area contributed by atoms with Crippen molar-refractivity contribution in [1.82, 2.24) is 0 Å². The average molecular weight is 327 g/mol. The smallest absolute Gasteiger partial charge is 0.115 e. The van der Waals surface area contributed by atoms with Gasteiger partial charge >= 0.3 is 0 Å². The number of aryl methyl sites for hydroxylation is 1. The fourth-order valence-electron chi connectivity index (χ4n) is 2.39. The second-order valence-corrected chi connectivity index (χ2v) is 5.79. The summed E-state index contributed by atoms with van der Waals surface area (Å²) in [5.41, 5.74) is 15.5. The van der Waals surface area contributed by atoms with Crippen molar-refractivity contribution in [2.75, 3.05) is 0 Å². The van der Waals surface area contributed by atoms with E-state index in [9.17, 15) is 5.11 Å². The zero-order chi connectivity index (χ0) is 16.7. The van der Waals surface area contributed by atoms with E-state index in [-0.39, 0.29) is 17.8 Å². The lowest BCUT2D eigenvalue weighted by molar-refractivity contribution is 0.474. The van der Waals surface area contributed by atoms with Gasteiger partial charge in [0.05, 0.1) is 10.8 Å². The zero-order valence-electron chi connectivity index (χ0n) is 12.9. The highest BCUT2D eigenvalue weighted by Crippen LogP contribution is 2.15. The van der Waals surface area contributed by atoms with Crippen LogP contribution in [0.25, 0.3) is 0 Å². The molecule has 4 nitrogen and oxygen atoms in total. The highest BCUT2D eigenvalue weighted by atomic mass is 32.1. The van der Waals surface area contributed by atoms with Crippen molar-refractivity contribution in [3.63, 3.8) is 0 Å². The maximum absolute atomic E-state index is 9.28. The Morgan fingerprint density at radius 3 is 2.17 bits per heavy atom. The molecule has 2 unspecified atom stereocenters. The molecule has 23 heavy (non-hydrogen) atoms.